The molecular formula is C16H26N2. The van der Waals surface area contributed by atoms with E-state index in [0.29, 0.717) is 0 Å². The van der Waals surface area contributed by atoms with Crippen LogP contribution in [0.4, 0.5) is 0 Å². The molecule has 2 rings (SSSR count). The van der Waals surface area contributed by atoms with Gasteiger partial charge in [-0.15, -0.1) is 0 Å². The molecule has 18 heavy (non-hydrogen) atoms. The van der Waals surface area contributed by atoms with Gasteiger partial charge in [0.05, 0.1) is 0 Å². The number of nitrogens with one attached hydrogen (secondary N) is 1. The van der Waals surface area contributed by atoms with Gasteiger partial charge in [-0.1, -0.05) is 17.7 Å². The Bertz CT molecular complexity index is 367. The first-order valence-electron chi connectivity index (χ1n) is 7.16. The Morgan fingerprint density at radius 1 is 1.06 bits per heavy atom. The molecule has 0 saturated carbocycles. The number of nitrogens with zero attached hydrogens (tertiary/aromatic N) is 1. The molecule has 0 bridgehead atoms. The van der Waals surface area contributed by atoms with Crippen molar-refractivity contribution in [1.29, 1.82) is 0 Å². The van der Waals surface area contributed by atoms with Crippen molar-refractivity contribution in [2.45, 2.75) is 33.6 Å². The van der Waals surface area contributed by atoms with Gasteiger partial charge in [-0.05, 0) is 63.4 Å². The van der Waals surface area contributed by atoms with Crippen LogP contribution in [0, 0.1) is 20.8 Å². The molecule has 0 aromatic heterocycles. The van der Waals surface area contributed by atoms with Crippen LogP contribution >= 0.6 is 0 Å². The summed E-state index contributed by atoms with van der Waals surface area (Å²) in [5.74, 6) is 0. The van der Waals surface area contributed by atoms with E-state index < -0.39 is 0 Å². The standard InChI is InChI=1S/C16H26N2/c1-13-11-14(2)16(15(3)12-13)5-9-18-8-4-6-17-7-10-18/h11-12,17H,4-10H2,1-3H3. The fourth-order valence-electron chi connectivity index (χ4n) is 3.00. The third-order valence-electron chi connectivity index (χ3n) is 3.95. The van der Waals surface area contributed by atoms with Crippen LogP contribution in [0.1, 0.15) is 28.7 Å². The minimum Gasteiger partial charge on any atom is -0.315 e. The van der Waals surface area contributed by atoms with E-state index in [1.807, 2.05) is 0 Å². The molecule has 1 aliphatic rings. The summed E-state index contributed by atoms with van der Waals surface area (Å²) in [7, 11) is 0. The lowest BCUT2D eigenvalue weighted by Crippen LogP contribution is -2.30. The van der Waals surface area contributed by atoms with Crippen molar-refractivity contribution < 1.29 is 0 Å². The fraction of sp³-hybridized carbons (Fsp3) is 0.625. The highest BCUT2D eigenvalue weighted by Gasteiger charge is 2.10. The third kappa shape index (κ3) is 3.56. The highest BCUT2D eigenvalue weighted by molar-refractivity contribution is 5.37. The topological polar surface area (TPSA) is 15.3 Å². The fourth-order valence-corrected chi connectivity index (χ4v) is 3.00. The zero-order chi connectivity index (χ0) is 13.0. The molecule has 2 heteroatoms. The van der Waals surface area contributed by atoms with Crippen LogP contribution in [0.2, 0.25) is 0 Å². The maximum Gasteiger partial charge on any atom is 0.0107 e. The molecule has 1 aliphatic heterocycles. The molecule has 0 atom stereocenters. The average Bonchev–Trinajstić information content (AvgIpc) is 2.56. The molecule has 0 amide bonds. The van der Waals surface area contributed by atoms with Gasteiger partial charge in [0.15, 0.2) is 0 Å². The smallest absolute Gasteiger partial charge is 0.0107 e. The number of benzene rings is 1. The zero-order valence-corrected chi connectivity index (χ0v) is 12.1. The van der Waals surface area contributed by atoms with E-state index in [0.717, 1.165) is 6.54 Å². The van der Waals surface area contributed by atoms with Gasteiger partial charge in [0.1, 0.15) is 0 Å². The first kappa shape index (κ1) is 13.6. The van der Waals surface area contributed by atoms with Crippen molar-refractivity contribution in [1.82, 2.24) is 10.2 Å². The lowest BCUT2D eigenvalue weighted by Gasteiger charge is -2.20. The molecular weight excluding hydrogens is 220 g/mol. The zero-order valence-electron chi connectivity index (χ0n) is 12.1. The summed E-state index contributed by atoms with van der Waals surface area (Å²) in [5, 5.41) is 3.46. The van der Waals surface area contributed by atoms with E-state index in [-0.39, 0.29) is 0 Å². The predicted molar refractivity (Wildman–Crippen MR) is 78.3 cm³/mol. The van der Waals surface area contributed by atoms with E-state index >= 15 is 0 Å². The van der Waals surface area contributed by atoms with Crippen molar-refractivity contribution in [2.24, 2.45) is 0 Å². The van der Waals surface area contributed by atoms with Crippen LogP contribution in [0.15, 0.2) is 12.1 Å². The first-order valence-corrected chi connectivity index (χ1v) is 7.16. The molecule has 1 heterocycles. The quantitative estimate of drug-likeness (QED) is 0.881. The second-order valence-corrected chi connectivity index (χ2v) is 5.57. The maximum absolute atomic E-state index is 3.46. The van der Waals surface area contributed by atoms with E-state index in [4.69, 9.17) is 0 Å². The van der Waals surface area contributed by atoms with Gasteiger partial charge in [-0.2, -0.15) is 0 Å². The molecule has 100 valence electrons. The van der Waals surface area contributed by atoms with E-state index in [1.54, 1.807) is 5.56 Å². The maximum atomic E-state index is 3.46. The molecule has 0 aliphatic carbocycles. The van der Waals surface area contributed by atoms with Gasteiger partial charge in [-0.3, -0.25) is 0 Å². The Balaban J connectivity index is 1.97. The van der Waals surface area contributed by atoms with Crippen molar-refractivity contribution in [3.8, 4) is 0 Å². The number of aryl methyl sites for hydroxylation is 3. The minimum absolute atomic E-state index is 1.14. The highest BCUT2D eigenvalue weighted by Crippen LogP contribution is 2.17. The Labute approximate surface area is 111 Å². The summed E-state index contributed by atoms with van der Waals surface area (Å²) >= 11 is 0. The van der Waals surface area contributed by atoms with E-state index in [2.05, 4.69) is 43.1 Å². The lowest BCUT2D eigenvalue weighted by molar-refractivity contribution is 0.296. The van der Waals surface area contributed by atoms with Crippen LogP contribution in [0.5, 0.6) is 0 Å². The van der Waals surface area contributed by atoms with Crippen LogP contribution in [0.3, 0.4) is 0 Å². The SMILES string of the molecule is Cc1cc(C)c(CCN2CCCNCC2)c(C)c1. The Hall–Kier alpha value is -0.860. The summed E-state index contributed by atoms with van der Waals surface area (Å²) in [6, 6.07) is 4.62. The Morgan fingerprint density at radius 3 is 2.50 bits per heavy atom. The Morgan fingerprint density at radius 2 is 1.78 bits per heavy atom. The number of rotatable bonds is 3. The van der Waals surface area contributed by atoms with Gasteiger partial charge in [0, 0.05) is 19.6 Å². The predicted octanol–water partition coefficient (Wildman–Crippen LogP) is 2.45. The van der Waals surface area contributed by atoms with E-state index in [1.165, 1.54) is 55.7 Å². The van der Waals surface area contributed by atoms with E-state index in [9.17, 15) is 0 Å². The molecule has 2 nitrogen and oxygen atoms in total. The van der Waals surface area contributed by atoms with Gasteiger partial charge in [0.25, 0.3) is 0 Å². The monoisotopic (exact) mass is 246 g/mol. The largest absolute Gasteiger partial charge is 0.315 e. The summed E-state index contributed by atoms with van der Waals surface area (Å²) in [6.07, 6.45) is 2.48. The number of hydrogen-bond acceptors (Lipinski definition) is 2. The molecule has 0 radical (unpaired) electrons. The minimum atomic E-state index is 1.14. The van der Waals surface area contributed by atoms with Crippen LogP contribution in [-0.2, 0) is 6.42 Å². The third-order valence-corrected chi connectivity index (χ3v) is 3.95. The van der Waals surface area contributed by atoms with Crippen molar-refractivity contribution in [2.75, 3.05) is 32.7 Å². The van der Waals surface area contributed by atoms with Gasteiger partial charge in [-0.25, -0.2) is 0 Å². The summed E-state index contributed by atoms with van der Waals surface area (Å²) in [6.45, 7) is 12.7. The molecule has 1 aromatic rings. The van der Waals surface area contributed by atoms with Crippen LogP contribution < -0.4 is 5.32 Å². The van der Waals surface area contributed by atoms with Crippen molar-refractivity contribution in [3.05, 3.63) is 34.4 Å². The molecule has 0 spiro atoms. The average molecular weight is 246 g/mol. The van der Waals surface area contributed by atoms with Gasteiger partial charge in [0.2, 0.25) is 0 Å². The van der Waals surface area contributed by atoms with Gasteiger partial charge >= 0.3 is 0 Å². The van der Waals surface area contributed by atoms with Crippen LogP contribution in [-0.4, -0.2) is 37.6 Å². The lowest BCUT2D eigenvalue weighted by atomic mass is 9.97. The van der Waals surface area contributed by atoms with Crippen molar-refractivity contribution >= 4 is 0 Å². The summed E-state index contributed by atoms with van der Waals surface area (Å²) in [4.78, 5) is 2.60. The second kappa shape index (κ2) is 6.35. The molecule has 1 saturated heterocycles. The summed E-state index contributed by atoms with van der Waals surface area (Å²) in [5.41, 5.74) is 5.85. The Kier molecular flexibility index (Phi) is 4.79. The second-order valence-electron chi connectivity index (χ2n) is 5.57. The molecule has 1 aromatic carbocycles. The first-order chi connectivity index (χ1) is 8.66. The van der Waals surface area contributed by atoms with Crippen LogP contribution in [0.25, 0.3) is 0 Å². The highest BCUT2D eigenvalue weighted by atomic mass is 15.1. The number of hydrogen-bond donors (Lipinski definition) is 1. The molecule has 1 N–H and O–H groups in total. The molecule has 0 unspecified atom stereocenters. The summed E-state index contributed by atoms with van der Waals surface area (Å²) < 4.78 is 0. The van der Waals surface area contributed by atoms with Crippen molar-refractivity contribution in [3.63, 3.8) is 0 Å². The van der Waals surface area contributed by atoms with Gasteiger partial charge < -0.3 is 10.2 Å². The molecule has 1 fully saturated rings. The normalized spacial score (nSPS) is 17.7.